The molecule has 2 N–H and O–H groups in total. The molecule has 1 rings (SSSR count). The van der Waals surface area contributed by atoms with Crippen molar-refractivity contribution < 1.29 is 14.7 Å². The number of rotatable bonds is 6. The molecule has 0 radical (unpaired) electrons. The lowest BCUT2D eigenvalue weighted by molar-refractivity contribution is -0.138. The second kappa shape index (κ2) is 7.51. The molecule has 0 saturated carbocycles. The van der Waals surface area contributed by atoms with E-state index in [1.54, 1.807) is 16.7 Å². The van der Waals surface area contributed by atoms with E-state index in [1.165, 1.54) is 0 Å². The summed E-state index contributed by atoms with van der Waals surface area (Å²) in [6.45, 7) is 3.28. The average molecular weight is 274 g/mol. The molecule has 0 aromatic heterocycles. The molecule has 2 unspecified atom stereocenters. The first-order valence-electron chi connectivity index (χ1n) is 6.33. The number of carboxylic acids is 1. The maximum Gasteiger partial charge on any atom is 0.317 e. The van der Waals surface area contributed by atoms with Crippen LogP contribution in [0.25, 0.3) is 0 Å². The van der Waals surface area contributed by atoms with Crippen LogP contribution in [-0.4, -0.2) is 53.1 Å². The van der Waals surface area contributed by atoms with Crippen LogP contribution in [0, 0.1) is 5.92 Å². The van der Waals surface area contributed by atoms with Crippen molar-refractivity contribution in [2.24, 2.45) is 5.92 Å². The molecule has 18 heavy (non-hydrogen) atoms. The zero-order valence-electron chi connectivity index (χ0n) is 11.0. The molecule has 0 spiro atoms. The topological polar surface area (TPSA) is 69.6 Å². The molecule has 0 aliphatic carbocycles. The smallest absolute Gasteiger partial charge is 0.317 e. The van der Waals surface area contributed by atoms with Crippen molar-refractivity contribution in [1.82, 2.24) is 10.2 Å². The summed E-state index contributed by atoms with van der Waals surface area (Å²) in [5.74, 6) is 0.235. The van der Waals surface area contributed by atoms with Gasteiger partial charge in [-0.2, -0.15) is 11.8 Å². The number of aliphatic carboxylic acids is 1. The summed E-state index contributed by atoms with van der Waals surface area (Å²) in [6, 6.07) is 0.148. The van der Waals surface area contributed by atoms with Crippen molar-refractivity contribution in [2.45, 2.75) is 32.2 Å². The van der Waals surface area contributed by atoms with Crippen LogP contribution in [-0.2, 0) is 4.79 Å². The summed E-state index contributed by atoms with van der Waals surface area (Å²) in [6.07, 6.45) is 3.89. The highest BCUT2D eigenvalue weighted by Gasteiger charge is 2.28. The quantitative estimate of drug-likeness (QED) is 0.772. The number of thioether (sulfide) groups is 1. The highest BCUT2D eigenvalue weighted by atomic mass is 32.2. The highest BCUT2D eigenvalue weighted by molar-refractivity contribution is 7.98. The molecule has 1 aliphatic rings. The van der Waals surface area contributed by atoms with Crippen LogP contribution < -0.4 is 5.32 Å². The van der Waals surface area contributed by atoms with Gasteiger partial charge in [-0.05, 0) is 25.0 Å². The van der Waals surface area contributed by atoms with Gasteiger partial charge in [-0.3, -0.25) is 4.79 Å². The standard InChI is InChI=1S/C12H22N2O3S/c1-3-10(8-18-2)13-12(17)14-5-4-9(7-14)6-11(15)16/h9-10H,3-8H2,1-2H3,(H,13,17)(H,15,16). The lowest BCUT2D eigenvalue weighted by Crippen LogP contribution is -2.44. The van der Waals surface area contributed by atoms with Gasteiger partial charge in [0, 0.05) is 31.3 Å². The van der Waals surface area contributed by atoms with E-state index >= 15 is 0 Å². The molecular formula is C12H22N2O3S. The number of carbonyl (C=O) groups is 2. The normalized spacial score (nSPS) is 20.8. The van der Waals surface area contributed by atoms with Gasteiger partial charge in [-0.15, -0.1) is 0 Å². The third-order valence-electron chi connectivity index (χ3n) is 3.22. The molecule has 1 saturated heterocycles. The number of nitrogens with zero attached hydrogens (tertiary/aromatic N) is 1. The molecule has 2 amide bonds. The van der Waals surface area contributed by atoms with Crippen molar-refractivity contribution in [2.75, 3.05) is 25.1 Å². The van der Waals surface area contributed by atoms with Gasteiger partial charge in [0.25, 0.3) is 0 Å². The van der Waals surface area contributed by atoms with Crippen LogP contribution in [0.4, 0.5) is 4.79 Å². The number of nitrogens with one attached hydrogen (secondary N) is 1. The first-order chi connectivity index (χ1) is 8.56. The Bertz CT molecular complexity index is 299. The van der Waals surface area contributed by atoms with E-state index in [-0.39, 0.29) is 24.4 Å². The van der Waals surface area contributed by atoms with Crippen molar-refractivity contribution in [3.8, 4) is 0 Å². The highest BCUT2D eigenvalue weighted by Crippen LogP contribution is 2.19. The minimum atomic E-state index is -0.781. The fourth-order valence-electron chi connectivity index (χ4n) is 2.16. The van der Waals surface area contributed by atoms with E-state index in [0.717, 1.165) is 18.6 Å². The van der Waals surface area contributed by atoms with E-state index in [2.05, 4.69) is 12.2 Å². The van der Waals surface area contributed by atoms with E-state index in [0.29, 0.717) is 13.1 Å². The van der Waals surface area contributed by atoms with Crippen LogP contribution in [0.15, 0.2) is 0 Å². The SMILES string of the molecule is CCC(CSC)NC(=O)N1CCC(CC(=O)O)C1. The van der Waals surface area contributed by atoms with Gasteiger partial charge in [0.15, 0.2) is 0 Å². The molecular weight excluding hydrogens is 252 g/mol. The van der Waals surface area contributed by atoms with E-state index < -0.39 is 5.97 Å². The predicted octanol–water partition coefficient (Wildman–Crippen LogP) is 1.63. The maximum atomic E-state index is 12.0. The number of carboxylic acid groups (broad SMARTS) is 1. The van der Waals surface area contributed by atoms with Gasteiger partial charge in [-0.1, -0.05) is 6.92 Å². The van der Waals surface area contributed by atoms with Crippen LogP contribution in [0.3, 0.4) is 0 Å². The van der Waals surface area contributed by atoms with Crippen molar-refractivity contribution >= 4 is 23.8 Å². The van der Waals surface area contributed by atoms with Gasteiger partial charge in [-0.25, -0.2) is 4.79 Å². The van der Waals surface area contributed by atoms with E-state index in [4.69, 9.17) is 5.11 Å². The van der Waals surface area contributed by atoms with Gasteiger partial charge in [0.1, 0.15) is 0 Å². The van der Waals surface area contributed by atoms with Gasteiger partial charge in [0.2, 0.25) is 0 Å². The second-order valence-electron chi connectivity index (χ2n) is 4.71. The number of urea groups is 1. The summed E-state index contributed by atoms with van der Waals surface area (Å²) in [7, 11) is 0. The Labute approximate surface area is 112 Å². The Morgan fingerprint density at radius 3 is 2.83 bits per heavy atom. The first-order valence-corrected chi connectivity index (χ1v) is 7.72. The van der Waals surface area contributed by atoms with Crippen LogP contribution in [0.1, 0.15) is 26.2 Å². The Kier molecular flexibility index (Phi) is 6.32. The lowest BCUT2D eigenvalue weighted by Gasteiger charge is -2.22. The minimum absolute atomic E-state index is 0.0520. The molecule has 2 atom stereocenters. The fourth-order valence-corrected chi connectivity index (χ4v) is 2.88. The zero-order valence-corrected chi connectivity index (χ0v) is 11.8. The molecule has 0 aromatic rings. The largest absolute Gasteiger partial charge is 0.481 e. The Balaban J connectivity index is 2.37. The number of amides is 2. The molecule has 5 nitrogen and oxygen atoms in total. The van der Waals surface area contributed by atoms with Crippen molar-refractivity contribution in [1.29, 1.82) is 0 Å². The lowest BCUT2D eigenvalue weighted by atomic mass is 10.1. The van der Waals surface area contributed by atoms with Crippen LogP contribution in [0.5, 0.6) is 0 Å². The third-order valence-corrected chi connectivity index (χ3v) is 3.96. The van der Waals surface area contributed by atoms with Gasteiger partial charge in [0.05, 0.1) is 0 Å². The fraction of sp³-hybridized carbons (Fsp3) is 0.833. The number of carbonyl (C=O) groups excluding carboxylic acids is 1. The summed E-state index contributed by atoms with van der Waals surface area (Å²) in [4.78, 5) is 24.3. The van der Waals surface area contributed by atoms with Gasteiger partial charge >= 0.3 is 12.0 Å². The van der Waals surface area contributed by atoms with Crippen molar-refractivity contribution in [3.05, 3.63) is 0 Å². The zero-order chi connectivity index (χ0) is 13.5. The maximum absolute atomic E-state index is 12.0. The predicted molar refractivity (Wildman–Crippen MR) is 72.9 cm³/mol. The van der Waals surface area contributed by atoms with Gasteiger partial charge < -0.3 is 15.3 Å². The minimum Gasteiger partial charge on any atom is -0.481 e. The van der Waals surface area contributed by atoms with E-state index in [1.807, 2.05) is 6.26 Å². The molecule has 0 aromatic carbocycles. The number of hydrogen-bond acceptors (Lipinski definition) is 3. The second-order valence-corrected chi connectivity index (χ2v) is 5.62. The summed E-state index contributed by atoms with van der Waals surface area (Å²) >= 11 is 1.72. The number of likely N-dealkylation sites (tertiary alicyclic amines) is 1. The molecule has 1 heterocycles. The summed E-state index contributed by atoms with van der Waals surface area (Å²) in [5, 5.41) is 11.7. The molecule has 1 aliphatic heterocycles. The molecule has 0 bridgehead atoms. The first kappa shape index (κ1) is 15.1. The van der Waals surface area contributed by atoms with Crippen LogP contribution >= 0.6 is 11.8 Å². The summed E-state index contributed by atoms with van der Waals surface area (Å²) < 4.78 is 0. The average Bonchev–Trinajstić information content (AvgIpc) is 2.76. The molecule has 1 fully saturated rings. The molecule has 104 valence electrons. The van der Waals surface area contributed by atoms with Crippen molar-refractivity contribution in [3.63, 3.8) is 0 Å². The Hall–Kier alpha value is -0.910. The van der Waals surface area contributed by atoms with E-state index in [9.17, 15) is 9.59 Å². The Morgan fingerprint density at radius 2 is 2.28 bits per heavy atom. The van der Waals surface area contributed by atoms with Crippen LogP contribution in [0.2, 0.25) is 0 Å². The Morgan fingerprint density at radius 1 is 1.56 bits per heavy atom. The number of hydrogen-bond donors (Lipinski definition) is 2. The molecule has 6 heteroatoms. The monoisotopic (exact) mass is 274 g/mol. The summed E-state index contributed by atoms with van der Waals surface area (Å²) in [5.41, 5.74) is 0. The third kappa shape index (κ3) is 4.76.